The summed E-state index contributed by atoms with van der Waals surface area (Å²) in [6.45, 7) is 5.91. The molecule has 1 amide bonds. The van der Waals surface area contributed by atoms with Crippen molar-refractivity contribution in [2.75, 3.05) is 23.3 Å². The Hall–Kier alpha value is -3.03. The van der Waals surface area contributed by atoms with Crippen molar-refractivity contribution in [1.29, 1.82) is 0 Å². The number of amides is 1. The highest BCUT2D eigenvalue weighted by Crippen LogP contribution is 2.23. The molecule has 4 rings (SSSR count). The zero-order chi connectivity index (χ0) is 19.0. The van der Waals surface area contributed by atoms with Crippen LogP contribution in [0.1, 0.15) is 35.9 Å². The minimum atomic E-state index is -0.498. The third-order valence-electron chi connectivity index (χ3n) is 4.94. The number of nitrogens with one attached hydrogen (secondary N) is 1. The summed E-state index contributed by atoms with van der Waals surface area (Å²) in [5, 5.41) is 2.66. The fourth-order valence-electron chi connectivity index (χ4n) is 3.42. The molecule has 3 aromatic heterocycles. The van der Waals surface area contributed by atoms with Gasteiger partial charge in [0.1, 0.15) is 11.5 Å². The first-order valence-corrected chi connectivity index (χ1v) is 9.06. The number of nitrogens with zero attached hydrogens (tertiary/aromatic N) is 5. The van der Waals surface area contributed by atoms with Gasteiger partial charge in [0.25, 0.3) is 5.91 Å². The summed E-state index contributed by atoms with van der Waals surface area (Å²) in [7, 11) is 0. The van der Waals surface area contributed by atoms with Crippen molar-refractivity contribution in [3.05, 3.63) is 48.1 Å². The fraction of sp³-hybridized carbons (Fsp3) is 0.368. The maximum Gasteiger partial charge on any atom is 0.275 e. The lowest BCUT2D eigenvalue weighted by molar-refractivity contribution is 0.102. The van der Waals surface area contributed by atoms with Crippen LogP contribution in [0.15, 0.2) is 30.9 Å². The van der Waals surface area contributed by atoms with E-state index >= 15 is 0 Å². The van der Waals surface area contributed by atoms with E-state index in [1.54, 1.807) is 29.9 Å². The van der Waals surface area contributed by atoms with Crippen LogP contribution >= 0.6 is 0 Å². The third kappa shape index (κ3) is 3.47. The molecule has 1 fully saturated rings. The topological polar surface area (TPSA) is 75.4 Å². The molecule has 0 radical (unpaired) electrons. The predicted octanol–water partition coefficient (Wildman–Crippen LogP) is 3.06. The first-order valence-electron chi connectivity index (χ1n) is 9.06. The van der Waals surface area contributed by atoms with Gasteiger partial charge < -0.3 is 14.6 Å². The van der Waals surface area contributed by atoms with Gasteiger partial charge in [0.2, 0.25) is 0 Å². The number of imidazole rings is 1. The summed E-state index contributed by atoms with van der Waals surface area (Å²) in [5.41, 5.74) is 1.45. The van der Waals surface area contributed by atoms with E-state index in [9.17, 15) is 9.18 Å². The molecule has 0 spiro atoms. The second kappa shape index (κ2) is 6.94. The lowest BCUT2D eigenvalue weighted by Crippen LogP contribution is -2.22. The molecule has 1 aliphatic rings. The van der Waals surface area contributed by atoms with E-state index in [2.05, 4.69) is 32.1 Å². The Balaban J connectivity index is 1.48. The summed E-state index contributed by atoms with van der Waals surface area (Å²) in [6.07, 6.45) is 8.70. The molecule has 7 nitrogen and oxygen atoms in total. The summed E-state index contributed by atoms with van der Waals surface area (Å²) in [4.78, 5) is 27.3. The molecule has 0 unspecified atom stereocenters. The zero-order valence-corrected chi connectivity index (χ0v) is 15.3. The number of rotatable bonds is 4. The average molecular weight is 368 g/mol. The van der Waals surface area contributed by atoms with E-state index in [4.69, 9.17) is 0 Å². The van der Waals surface area contributed by atoms with Crippen LogP contribution in [-0.2, 0) is 0 Å². The van der Waals surface area contributed by atoms with Gasteiger partial charge in [-0.1, -0.05) is 13.3 Å². The molecule has 27 heavy (non-hydrogen) atoms. The Morgan fingerprint density at radius 2 is 2.19 bits per heavy atom. The van der Waals surface area contributed by atoms with Gasteiger partial charge in [0.15, 0.2) is 11.5 Å². The number of aromatic nitrogens is 4. The van der Waals surface area contributed by atoms with Crippen molar-refractivity contribution >= 4 is 23.1 Å². The van der Waals surface area contributed by atoms with Gasteiger partial charge >= 0.3 is 0 Å². The van der Waals surface area contributed by atoms with E-state index < -0.39 is 11.7 Å². The van der Waals surface area contributed by atoms with E-state index in [1.165, 1.54) is 12.3 Å². The number of anilines is 2. The predicted molar refractivity (Wildman–Crippen MR) is 100 cm³/mol. The van der Waals surface area contributed by atoms with Gasteiger partial charge in [-0.05, 0) is 19.3 Å². The van der Waals surface area contributed by atoms with Crippen LogP contribution in [0.2, 0.25) is 0 Å². The summed E-state index contributed by atoms with van der Waals surface area (Å²) < 4.78 is 15.7. The Morgan fingerprint density at radius 1 is 1.33 bits per heavy atom. The van der Waals surface area contributed by atoms with Crippen LogP contribution in [0, 0.1) is 18.7 Å². The second-order valence-electron chi connectivity index (χ2n) is 6.91. The van der Waals surface area contributed by atoms with Crippen molar-refractivity contribution in [2.24, 2.45) is 5.92 Å². The number of hydrogen-bond donors (Lipinski definition) is 1. The largest absolute Gasteiger partial charge is 0.355 e. The van der Waals surface area contributed by atoms with Crippen LogP contribution in [0.5, 0.6) is 0 Å². The van der Waals surface area contributed by atoms with Gasteiger partial charge in [-0.15, -0.1) is 0 Å². The van der Waals surface area contributed by atoms with Crippen LogP contribution in [0.4, 0.5) is 15.9 Å². The summed E-state index contributed by atoms with van der Waals surface area (Å²) >= 11 is 0. The van der Waals surface area contributed by atoms with Crippen LogP contribution in [-0.4, -0.2) is 38.3 Å². The molecule has 4 heterocycles. The number of halogens is 1. The van der Waals surface area contributed by atoms with Crippen LogP contribution in [0.25, 0.3) is 5.65 Å². The highest BCUT2D eigenvalue weighted by atomic mass is 19.1. The Bertz CT molecular complexity index is 984. The fourth-order valence-corrected chi connectivity index (χ4v) is 3.42. The molecule has 0 aliphatic carbocycles. The molecule has 8 heteroatoms. The lowest BCUT2D eigenvalue weighted by atomic mass is 10.1. The molecule has 0 saturated carbocycles. The monoisotopic (exact) mass is 368 g/mol. The quantitative estimate of drug-likeness (QED) is 0.766. The molecular formula is C19H21FN6O. The maximum atomic E-state index is 14.1. The van der Waals surface area contributed by atoms with Gasteiger partial charge in [-0.2, -0.15) is 0 Å². The van der Waals surface area contributed by atoms with Gasteiger partial charge in [-0.3, -0.25) is 4.79 Å². The van der Waals surface area contributed by atoms with Gasteiger partial charge in [0, 0.05) is 31.5 Å². The number of aryl methyl sites for hydroxylation is 1. The zero-order valence-electron chi connectivity index (χ0n) is 15.3. The van der Waals surface area contributed by atoms with Crippen molar-refractivity contribution in [3.63, 3.8) is 0 Å². The highest BCUT2D eigenvalue weighted by molar-refractivity contribution is 6.02. The van der Waals surface area contributed by atoms with Gasteiger partial charge in [0.05, 0.1) is 23.8 Å². The molecular weight excluding hydrogens is 347 g/mol. The SMILES string of the molecule is CC[C@@H]1CCN(c2cnc(C(=O)Nc3cc(F)c4nc(C)cn4c3)cn2)C1. The van der Waals surface area contributed by atoms with E-state index in [1.807, 2.05) is 0 Å². The molecule has 1 saturated heterocycles. The summed E-state index contributed by atoms with van der Waals surface area (Å²) in [6, 6.07) is 1.25. The van der Waals surface area contributed by atoms with E-state index in [0.29, 0.717) is 17.3 Å². The van der Waals surface area contributed by atoms with Crippen molar-refractivity contribution in [3.8, 4) is 0 Å². The Labute approximate surface area is 156 Å². The average Bonchev–Trinajstić information content (AvgIpc) is 3.28. The first-order chi connectivity index (χ1) is 13.0. The van der Waals surface area contributed by atoms with E-state index in [0.717, 1.165) is 31.7 Å². The third-order valence-corrected chi connectivity index (χ3v) is 4.94. The molecule has 0 bridgehead atoms. The van der Waals surface area contributed by atoms with Crippen LogP contribution < -0.4 is 10.2 Å². The van der Waals surface area contributed by atoms with Gasteiger partial charge in [-0.25, -0.2) is 19.3 Å². The highest BCUT2D eigenvalue weighted by Gasteiger charge is 2.22. The Kier molecular flexibility index (Phi) is 4.47. The summed E-state index contributed by atoms with van der Waals surface area (Å²) in [5.74, 6) is 0.537. The number of pyridine rings is 1. The minimum absolute atomic E-state index is 0.187. The molecule has 1 aliphatic heterocycles. The minimum Gasteiger partial charge on any atom is -0.355 e. The standard InChI is InChI=1S/C19H21FN6O/c1-3-13-4-5-25(10-13)17-8-21-16(7-22-17)19(27)24-14-6-15(20)18-23-12(2)9-26(18)11-14/h6-9,11,13H,3-5,10H2,1-2H3,(H,24,27)/t13-/m1/s1. The number of fused-ring (bicyclic) bond motifs is 1. The van der Waals surface area contributed by atoms with E-state index in [-0.39, 0.29) is 11.3 Å². The molecule has 140 valence electrons. The lowest BCUT2D eigenvalue weighted by Gasteiger charge is -2.16. The van der Waals surface area contributed by atoms with Crippen LogP contribution in [0.3, 0.4) is 0 Å². The smallest absolute Gasteiger partial charge is 0.275 e. The molecule has 3 aromatic rings. The molecule has 1 N–H and O–H groups in total. The first kappa shape index (κ1) is 17.4. The molecule has 0 aromatic carbocycles. The van der Waals surface area contributed by atoms with Crippen molar-refractivity contribution in [2.45, 2.75) is 26.7 Å². The van der Waals surface area contributed by atoms with Crippen molar-refractivity contribution in [1.82, 2.24) is 19.4 Å². The Morgan fingerprint density at radius 3 is 2.89 bits per heavy atom. The normalized spacial score (nSPS) is 16.9. The number of hydrogen-bond acceptors (Lipinski definition) is 5. The number of carbonyl (C=O) groups excluding carboxylic acids is 1. The maximum absolute atomic E-state index is 14.1. The van der Waals surface area contributed by atoms with Crippen molar-refractivity contribution < 1.29 is 9.18 Å². The molecule has 1 atom stereocenters. The number of carbonyl (C=O) groups is 1. The second-order valence-corrected chi connectivity index (χ2v) is 6.91.